The molecule has 2 aromatic carbocycles. The zero-order valence-electron chi connectivity index (χ0n) is 11.5. The van der Waals surface area contributed by atoms with Crippen LogP contribution in [0.5, 0.6) is 0 Å². The van der Waals surface area contributed by atoms with Crippen LogP contribution in [0.4, 0.5) is 5.69 Å². The van der Waals surface area contributed by atoms with Gasteiger partial charge in [0.15, 0.2) is 0 Å². The smallest absolute Gasteiger partial charge is 0.228 e. The molecule has 0 fully saturated rings. The van der Waals surface area contributed by atoms with E-state index in [1.54, 1.807) is 0 Å². The average Bonchev–Trinajstić information content (AvgIpc) is 2.79. The number of hydrogen-bond acceptors (Lipinski definition) is 1. The molecule has 0 saturated heterocycles. The molecule has 3 heteroatoms. The van der Waals surface area contributed by atoms with Crippen molar-refractivity contribution in [1.29, 1.82) is 0 Å². The molecule has 20 heavy (non-hydrogen) atoms. The van der Waals surface area contributed by atoms with Crippen molar-refractivity contribution in [3.63, 3.8) is 0 Å². The number of aryl methyl sites for hydroxylation is 2. The quantitative estimate of drug-likeness (QED) is 0.818. The Kier molecular flexibility index (Phi) is 3.38. The van der Waals surface area contributed by atoms with Crippen molar-refractivity contribution in [1.82, 2.24) is 0 Å². The maximum Gasteiger partial charge on any atom is 0.228 e. The van der Waals surface area contributed by atoms with Gasteiger partial charge in [-0.1, -0.05) is 51.8 Å². The summed E-state index contributed by atoms with van der Waals surface area (Å²) in [5.74, 6) is 0.0787. The van der Waals surface area contributed by atoms with Crippen LogP contribution < -0.4 is 5.32 Å². The maximum absolute atomic E-state index is 11.4. The first-order valence-corrected chi connectivity index (χ1v) is 7.60. The molecular weight excluding hydrogens is 314 g/mol. The van der Waals surface area contributed by atoms with E-state index in [0.29, 0.717) is 6.42 Å². The summed E-state index contributed by atoms with van der Waals surface area (Å²) in [6.45, 7) is 4.23. The molecule has 0 aliphatic carbocycles. The van der Waals surface area contributed by atoms with E-state index in [2.05, 4.69) is 65.4 Å². The van der Waals surface area contributed by atoms with Crippen molar-refractivity contribution < 1.29 is 4.79 Å². The van der Waals surface area contributed by atoms with Crippen molar-refractivity contribution in [2.45, 2.75) is 25.1 Å². The highest BCUT2D eigenvalue weighted by Crippen LogP contribution is 2.36. The van der Waals surface area contributed by atoms with Gasteiger partial charge in [-0.15, -0.1) is 0 Å². The number of halogens is 1. The molecule has 102 valence electrons. The van der Waals surface area contributed by atoms with Crippen LogP contribution in [0.2, 0.25) is 0 Å². The highest BCUT2D eigenvalue weighted by atomic mass is 79.9. The van der Waals surface area contributed by atoms with E-state index < -0.39 is 0 Å². The Balaban J connectivity index is 1.99. The van der Waals surface area contributed by atoms with Gasteiger partial charge in [0.1, 0.15) is 0 Å². The minimum Gasteiger partial charge on any atom is -0.326 e. The number of amides is 1. The second-order valence-electron chi connectivity index (χ2n) is 5.36. The number of benzene rings is 2. The average molecular weight is 330 g/mol. The van der Waals surface area contributed by atoms with Gasteiger partial charge in [0, 0.05) is 5.69 Å². The second-order valence-corrected chi connectivity index (χ2v) is 6.28. The number of carbonyl (C=O) groups excluding carboxylic acids is 1. The fraction of sp³-hybridized carbons (Fsp3) is 0.235. The van der Waals surface area contributed by atoms with Crippen LogP contribution in [0.1, 0.15) is 32.6 Å². The van der Waals surface area contributed by atoms with Crippen molar-refractivity contribution >= 4 is 27.5 Å². The first kappa shape index (κ1) is 13.4. The second kappa shape index (κ2) is 5.06. The number of alkyl halides is 1. The first-order chi connectivity index (χ1) is 9.54. The van der Waals surface area contributed by atoms with Gasteiger partial charge in [0.05, 0.1) is 11.2 Å². The highest BCUT2D eigenvalue weighted by molar-refractivity contribution is 9.09. The minimum absolute atomic E-state index is 0.0787. The largest absolute Gasteiger partial charge is 0.326 e. The molecule has 1 aliphatic rings. The molecule has 0 bridgehead atoms. The van der Waals surface area contributed by atoms with Crippen molar-refractivity contribution in [3.8, 4) is 0 Å². The Morgan fingerprint density at radius 2 is 1.95 bits per heavy atom. The third kappa shape index (κ3) is 2.38. The number of carbonyl (C=O) groups is 1. The van der Waals surface area contributed by atoms with Gasteiger partial charge in [0.2, 0.25) is 5.91 Å². The van der Waals surface area contributed by atoms with Crippen LogP contribution in [0.3, 0.4) is 0 Å². The minimum atomic E-state index is 0.0787. The van der Waals surface area contributed by atoms with E-state index in [-0.39, 0.29) is 10.7 Å². The summed E-state index contributed by atoms with van der Waals surface area (Å²) in [5.41, 5.74) is 7.03. The molecule has 0 saturated carbocycles. The van der Waals surface area contributed by atoms with Crippen molar-refractivity contribution in [2.24, 2.45) is 0 Å². The van der Waals surface area contributed by atoms with Gasteiger partial charge in [0.25, 0.3) is 0 Å². The molecule has 1 unspecified atom stereocenters. The van der Waals surface area contributed by atoms with Crippen LogP contribution in [0.15, 0.2) is 36.4 Å². The molecule has 0 radical (unpaired) electrons. The molecule has 1 heterocycles. The lowest BCUT2D eigenvalue weighted by Crippen LogP contribution is -2.03. The van der Waals surface area contributed by atoms with E-state index in [1.165, 1.54) is 22.3 Å². The molecule has 1 atom stereocenters. The number of nitrogens with one attached hydrogen (secondary N) is 1. The van der Waals surface area contributed by atoms with Gasteiger partial charge in [-0.2, -0.15) is 0 Å². The van der Waals surface area contributed by atoms with Crippen molar-refractivity contribution in [2.75, 3.05) is 5.32 Å². The Hall–Kier alpha value is -1.61. The van der Waals surface area contributed by atoms with Gasteiger partial charge < -0.3 is 5.32 Å². The van der Waals surface area contributed by atoms with Crippen molar-refractivity contribution in [3.05, 3.63) is 64.2 Å². The summed E-state index contributed by atoms with van der Waals surface area (Å²) in [7, 11) is 0. The lowest BCUT2D eigenvalue weighted by Gasteiger charge is -2.15. The predicted octanol–water partition coefficient (Wildman–Crippen LogP) is 4.28. The van der Waals surface area contributed by atoms with E-state index in [0.717, 1.165) is 11.3 Å². The van der Waals surface area contributed by atoms with Gasteiger partial charge in [-0.25, -0.2) is 0 Å². The topological polar surface area (TPSA) is 29.1 Å². The summed E-state index contributed by atoms with van der Waals surface area (Å²) in [5, 5.41) is 2.87. The van der Waals surface area contributed by atoms with Crippen LogP contribution >= 0.6 is 15.9 Å². The lowest BCUT2D eigenvalue weighted by atomic mass is 9.97. The Morgan fingerprint density at radius 3 is 2.75 bits per heavy atom. The van der Waals surface area contributed by atoms with Gasteiger partial charge in [-0.05, 0) is 42.2 Å². The Morgan fingerprint density at radius 1 is 1.15 bits per heavy atom. The SMILES string of the molecule is Cc1ccc(C)c(C(Br)c2ccc3c(c2)CC(=O)N3)c1. The Labute approximate surface area is 127 Å². The zero-order chi connectivity index (χ0) is 14.3. The molecule has 2 nitrogen and oxygen atoms in total. The van der Waals surface area contributed by atoms with Gasteiger partial charge >= 0.3 is 0 Å². The third-order valence-electron chi connectivity index (χ3n) is 3.75. The molecule has 1 amide bonds. The van der Waals surface area contributed by atoms with E-state index in [9.17, 15) is 4.79 Å². The molecular formula is C17H16BrNO. The summed E-state index contributed by atoms with van der Waals surface area (Å²) >= 11 is 3.80. The van der Waals surface area contributed by atoms with Crippen LogP contribution in [-0.2, 0) is 11.2 Å². The van der Waals surface area contributed by atoms with E-state index >= 15 is 0 Å². The Bertz CT molecular complexity index is 693. The van der Waals surface area contributed by atoms with E-state index in [4.69, 9.17) is 0 Å². The first-order valence-electron chi connectivity index (χ1n) is 6.68. The molecule has 0 spiro atoms. The zero-order valence-corrected chi connectivity index (χ0v) is 13.1. The summed E-state index contributed by atoms with van der Waals surface area (Å²) in [6, 6.07) is 12.7. The van der Waals surface area contributed by atoms with Crippen LogP contribution in [-0.4, -0.2) is 5.91 Å². The van der Waals surface area contributed by atoms with E-state index in [1.807, 2.05) is 6.07 Å². The molecule has 1 N–H and O–H groups in total. The number of hydrogen-bond donors (Lipinski definition) is 1. The molecule has 2 aromatic rings. The summed E-state index contributed by atoms with van der Waals surface area (Å²) < 4.78 is 0. The molecule has 0 aromatic heterocycles. The molecule has 1 aliphatic heterocycles. The van der Waals surface area contributed by atoms with Crippen LogP contribution in [0, 0.1) is 13.8 Å². The standard InChI is InChI=1S/C17H16BrNO/c1-10-3-4-11(2)14(7-10)17(18)12-5-6-15-13(8-12)9-16(20)19-15/h3-8,17H,9H2,1-2H3,(H,19,20). The number of fused-ring (bicyclic) bond motifs is 1. The lowest BCUT2D eigenvalue weighted by molar-refractivity contribution is -0.115. The van der Waals surface area contributed by atoms with Gasteiger partial charge in [-0.3, -0.25) is 4.79 Å². The third-order valence-corrected chi connectivity index (χ3v) is 4.78. The highest BCUT2D eigenvalue weighted by Gasteiger charge is 2.20. The monoisotopic (exact) mass is 329 g/mol. The molecule has 3 rings (SSSR count). The fourth-order valence-electron chi connectivity index (χ4n) is 2.62. The normalized spacial score (nSPS) is 14.8. The fourth-order valence-corrected chi connectivity index (χ4v) is 3.40. The number of anilines is 1. The summed E-state index contributed by atoms with van der Waals surface area (Å²) in [6.07, 6.45) is 0.482. The number of rotatable bonds is 2. The maximum atomic E-state index is 11.4. The predicted molar refractivity (Wildman–Crippen MR) is 85.5 cm³/mol. The van der Waals surface area contributed by atoms with Crippen LogP contribution in [0.25, 0.3) is 0 Å². The summed E-state index contributed by atoms with van der Waals surface area (Å²) in [4.78, 5) is 11.6.